The van der Waals surface area contributed by atoms with Gasteiger partial charge in [0, 0.05) is 13.2 Å². The summed E-state index contributed by atoms with van der Waals surface area (Å²) in [6, 6.07) is 3.29. The first-order chi connectivity index (χ1) is 8.61. The van der Waals surface area contributed by atoms with E-state index >= 15 is 0 Å². The van der Waals surface area contributed by atoms with Crippen LogP contribution in [0.15, 0.2) is 24.7 Å². The number of amides is 1. The number of nitrogens with two attached hydrogens (primary N) is 1. The maximum absolute atomic E-state index is 11.5. The molecule has 0 bridgehead atoms. The van der Waals surface area contributed by atoms with E-state index < -0.39 is 0 Å². The Kier molecular flexibility index (Phi) is 3.28. The van der Waals surface area contributed by atoms with Gasteiger partial charge in [-0.05, 0) is 12.1 Å². The molecule has 8 heteroatoms. The van der Waals surface area contributed by atoms with Crippen molar-refractivity contribution in [2.75, 3.05) is 7.05 Å². The van der Waals surface area contributed by atoms with Crippen LogP contribution in [-0.4, -0.2) is 37.7 Å². The van der Waals surface area contributed by atoms with Crippen LogP contribution in [0.5, 0.6) is 0 Å². The lowest BCUT2D eigenvalue weighted by molar-refractivity contribution is 0.0958. The van der Waals surface area contributed by atoms with Gasteiger partial charge in [-0.15, -0.1) is 5.10 Å². The highest BCUT2D eigenvalue weighted by atomic mass is 32.1. The van der Waals surface area contributed by atoms with E-state index in [2.05, 4.69) is 20.4 Å². The van der Waals surface area contributed by atoms with Crippen molar-refractivity contribution in [2.45, 2.75) is 0 Å². The fourth-order valence-corrected chi connectivity index (χ4v) is 1.41. The number of rotatable bonds is 3. The first kappa shape index (κ1) is 12.1. The Labute approximate surface area is 108 Å². The number of carbonyl (C=O) groups is 1. The maximum Gasteiger partial charge on any atom is 0.269 e. The van der Waals surface area contributed by atoms with Gasteiger partial charge in [0.05, 0.1) is 5.69 Å². The molecule has 0 fully saturated rings. The molecular weight excluding hydrogens is 252 g/mol. The van der Waals surface area contributed by atoms with E-state index in [4.69, 9.17) is 18.0 Å². The molecular formula is C10H10N6OS. The zero-order valence-corrected chi connectivity index (χ0v) is 10.3. The number of aromatic nitrogens is 4. The molecule has 92 valence electrons. The summed E-state index contributed by atoms with van der Waals surface area (Å²) in [5.41, 5.74) is 6.37. The van der Waals surface area contributed by atoms with Gasteiger partial charge in [-0.2, -0.15) is 0 Å². The minimum atomic E-state index is -0.272. The summed E-state index contributed by atoms with van der Waals surface area (Å²) in [7, 11) is 1.54. The van der Waals surface area contributed by atoms with Crippen LogP contribution in [0.4, 0.5) is 0 Å². The number of hydrogen-bond donors (Lipinski definition) is 2. The number of pyridine rings is 1. The second-order valence-electron chi connectivity index (χ2n) is 3.36. The fourth-order valence-electron chi connectivity index (χ4n) is 1.31. The van der Waals surface area contributed by atoms with Crippen LogP contribution >= 0.6 is 12.2 Å². The van der Waals surface area contributed by atoms with Crippen molar-refractivity contribution in [1.82, 2.24) is 25.1 Å². The van der Waals surface area contributed by atoms with Crippen LogP contribution in [0.3, 0.4) is 0 Å². The SMILES string of the molecule is CNC(=O)c1cc(-n2cnc(C(N)=S)n2)ccn1. The van der Waals surface area contributed by atoms with E-state index in [1.54, 1.807) is 12.1 Å². The van der Waals surface area contributed by atoms with Crippen molar-refractivity contribution in [1.29, 1.82) is 0 Å². The second-order valence-corrected chi connectivity index (χ2v) is 3.80. The normalized spacial score (nSPS) is 10.1. The smallest absolute Gasteiger partial charge is 0.269 e. The number of nitrogens with zero attached hydrogens (tertiary/aromatic N) is 4. The van der Waals surface area contributed by atoms with Crippen LogP contribution in [0, 0.1) is 0 Å². The highest BCUT2D eigenvalue weighted by molar-refractivity contribution is 7.80. The Hall–Kier alpha value is -2.35. The molecule has 0 aliphatic heterocycles. The van der Waals surface area contributed by atoms with Gasteiger partial charge in [-0.1, -0.05) is 12.2 Å². The van der Waals surface area contributed by atoms with Crippen molar-refractivity contribution in [3.8, 4) is 5.69 Å². The van der Waals surface area contributed by atoms with E-state index in [-0.39, 0.29) is 16.7 Å². The fraction of sp³-hybridized carbons (Fsp3) is 0.100. The predicted molar refractivity (Wildman–Crippen MR) is 68.4 cm³/mol. The first-order valence-corrected chi connectivity index (χ1v) is 5.42. The molecule has 0 unspecified atom stereocenters. The van der Waals surface area contributed by atoms with Crippen molar-refractivity contribution in [3.05, 3.63) is 36.2 Å². The van der Waals surface area contributed by atoms with Gasteiger partial charge >= 0.3 is 0 Å². The van der Waals surface area contributed by atoms with Crippen LogP contribution in [0.2, 0.25) is 0 Å². The maximum atomic E-state index is 11.5. The summed E-state index contributed by atoms with van der Waals surface area (Å²) >= 11 is 4.77. The molecule has 0 saturated heterocycles. The van der Waals surface area contributed by atoms with Gasteiger partial charge in [0.25, 0.3) is 5.91 Å². The third-order valence-electron chi connectivity index (χ3n) is 2.18. The lowest BCUT2D eigenvalue weighted by Crippen LogP contribution is -2.19. The molecule has 2 rings (SSSR count). The monoisotopic (exact) mass is 262 g/mol. The van der Waals surface area contributed by atoms with Gasteiger partial charge in [-0.3, -0.25) is 9.78 Å². The number of thiocarbonyl (C=S) groups is 1. The Morgan fingerprint density at radius 1 is 1.50 bits per heavy atom. The van der Waals surface area contributed by atoms with Crippen molar-refractivity contribution in [2.24, 2.45) is 5.73 Å². The summed E-state index contributed by atoms with van der Waals surface area (Å²) in [5, 5.41) is 6.58. The van der Waals surface area contributed by atoms with Crippen LogP contribution < -0.4 is 11.1 Å². The Balaban J connectivity index is 2.38. The van der Waals surface area contributed by atoms with Gasteiger partial charge in [-0.25, -0.2) is 9.67 Å². The van der Waals surface area contributed by atoms with Crippen LogP contribution in [-0.2, 0) is 0 Å². The Bertz CT molecular complexity index is 608. The van der Waals surface area contributed by atoms with Crippen LogP contribution in [0.1, 0.15) is 16.3 Å². The Morgan fingerprint density at radius 3 is 2.89 bits per heavy atom. The van der Waals surface area contributed by atoms with Gasteiger partial charge < -0.3 is 11.1 Å². The number of carbonyl (C=O) groups excluding carboxylic acids is 1. The summed E-state index contributed by atoms with van der Waals surface area (Å²) < 4.78 is 1.47. The van der Waals surface area contributed by atoms with Gasteiger partial charge in [0.2, 0.25) is 5.82 Å². The molecule has 0 aromatic carbocycles. The summed E-state index contributed by atoms with van der Waals surface area (Å²) in [5.74, 6) is 0.00911. The molecule has 0 aliphatic rings. The molecule has 0 saturated carbocycles. The molecule has 0 spiro atoms. The van der Waals surface area contributed by atoms with Gasteiger partial charge in [0.15, 0.2) is 0 Å². The molecule has 2 heterocycles. The zero-order valence-electron chi connectivity index (χ0n) is 9.49. The number of nitrogens with one attached hydrogen (secondary N) is 1. The van der Waals surface area contributed by atoms with Crippen molar-refractivity contribution in [3.63, 3.8) is 0 Å². The lowest BCUT2D eigenvalue weighted by atomic mass is 10.3. The average Bonchev–Trinajstić information content (AvgIpc) is 2.88. The van der Waals surface area contributed by atoms with Crippen molar-refractivity contribution >= 4 is 23.1 Å². The third-order valence-corrected chi connectivity index (χ3v) is 2.36. The standard InChI is InChI=1S/C10H10N6OS/c1-12-10(17)7-4-6(2-3-13-7)16-5-14-9(15-16)8(11)18/h2-5H,1H3,(H2,11,18)(H,12,17). The largest absolute Gasteiger partial charge is 0.387 e. The summed E-state index contributed by atoms with van der Waals surface area (Å²) in [6.07, 6.45) is 2.99. The third kappa shape index (κ3) is 2.33. The summed E-state index contributed by atoms with van der Waals surface area (Å²) in [6.45, 7) is 0. The zero-order chi connectivity index (χ0) is 13.1. The average molecular weight is 262 g/mol. The minimum Gasteiger partial charge on any atom is -0.387 e. The number of hydrogen-bond acceptors (Lipinski definition) is 5. The van der Waals surface area contributed by atoms with Crippen molar-refractivity contribution < 1.29 is 4.79 Å². The highest BCUT2D eigenvalue weighted by Gasteiger charge is 2.09. The van der Waals surface area contributed by atoms with E-state index in [0.717, 1.165) is 0 Å². The van der Waals surface area contributed by atoms with E-state index in [1.165, 1.54) is 24.3 Å². The molecule has 7 nitrogen and oxygen atoms in total. The molecule has 3 N–H and O–H groups in total. The lowest BCUT2D eigenvalue weighted by Gasteiger charge is -2.02. The quantitative estimate of drug-likeness (QED) is 0.734. The van der Waals surface area contributed by atoms with E-state index in [0.29, 0.717) is 11.4 Å². The molecule has 0 radical (unpaired) electrons. The molecule has 0 atom stereocenters. The topological polar surface area (TPSA) is 98.7 Å². The molecule has 2 aromatic heterocycles. The minimum absolute atomic E-state index is 0.120. The van der Waals surface area contributed by atoms with Gasteiger partial charge in [0.1, 0.15) is 17.0 Å². The van der Waals surface area contributed by atoms with E-state index in [1.807, 2.05) is 0 Å². The van der Waals surface area contributed by atoms with Crippen LogP contribution in [0.25, 0.3) is 5.69 Å². The molecule has 2 aromatic rings. The summed E-state index contributed by atoms with van der Waals surface area (Å²) in [4.78, 5) is 19.5. The first-order valence-electron chi connectivity index (χ1n) is 5.02. The molecule has 18 heavy (non-hydrogen) atoms. The predicted octanol–water partition coefficient (Wildman–Crippen LogP) is -0.344. The molecule has 0 aliphatic carbocycles. The Morgan fingerprint density at radius 2 is 2.28 bits per heavy atom. The molecule has 1 amide bonds. The highest BCUT2D eigenvalue weighted by Crippen LogP contribution is 2.07. The second kappa shape index (κ2) is 4.88. The van der Waals surface area contributed by atoms with E-state index in [9.17, 15) is 4.79 Å².